The van der Waals surface area contributed by atoms with Crippen molar-refractivity contribution in [3.8, 4) is 0 Å². The van der Waals surface area contributed by atoms with Gasteiger partial charge in [-0.2, -0.15) is 0 Å². The van der Waals surface area contributed by atoms with E-state index in [0.717, 1.165) is 25.1 Å². The number of nitrogens with two attached hydrogens (primary N) is 1. The van der Waals surface area contributed by atoms with Gasteiger partial charge in [0.1, 0.15) is 5.82 Å². The monoisotopic (exact) mass is 222 g/mol. The third-order valence-corrected chi connectivity index (χ3v) is 3.17. The fourth-order valence-electron chi connectivity index (χ4n) is 2.21. The highest BCUT2D eigenvalue weighted by Gasteiger charge is 2.25. The number of H-pyrrole nitrogens is 1. The van der Waals surface area contributed by atoms with E-state index in [1.54, 1.807) is 12.4 Å². The Morgan fingerprint density at radius 3 is 3.12 bits per heavy atom. The van der Waals surface area contributed by atoms with E-state index in [1.165, 1.54) is 0 Å². The molecule has 1 aromatic rings. The van der Waals surface area contributed by atoms with Crippen molar-refractivity contribution in [1.82, 2.24) is 15.3 Å². The summed E-state index contributed by atoms with van der Waals surface area (Å²) in [5.41, 5.74) is 5.92. The Hall–Kier alpha value is -1.36. The van der Waals surface area contributed by atoms with Gasteiger partial charge in [-0.1, -0.05) is 6.42 Å². The predicted molar refractivity (Wildman–Crippen MR) is 60.4 cm³/mol. The highest BCUT2D eigenvalue weighted by molar-refractivity contribution is 5.76. The van der Waals surface area contributed by atoms with Gasteiger partial charge in [0.2, 0.25) is 5.91 Å². The minimum Gasteiger partial charge on any atom is -0.349 e. The maximum Gasteiger partial charge on any atom is 0.220 e. The second-order valence-corrected chi connectivity index (χ2v) is 4.37. The summed E-state index contributed by atoms with van der Waals surface area (Å²) in [7, 11) is 0. The van der Waals surface area contributed by atoms with Crippen molar-refractivity contribution in [2.24, 2.45) is 11.7 Å². The molecule has 1 saturated carbocycles. The number of aromatic nitrogens is 2. The highest BCUT2D eigenvalue weighted by atomic mass is 16.1. The van der Waals surface area contributed by atoms with Crippen LogP contribution >= 0.6 is 0 Å². The van der Waals surface area contributed by atoms with Gasteiger partial charge >= 0.3 is 0 Å². The zero-order valence-corrected chi connectivity index (χ0v) is 9.28. The maximum absolute atomic E-state index is 11.6. The van der Waals surface area contributed by atoms with E-state index in [0.29, 0.717) is 18.9 Å². The van der Waals surface area contributed by atoms with E-state index in [2.05, 4.69) is 15.3 Å². The molecule has 0 unspecified atom stereocenters. The number of hydrogen-bond donors (Lipinski definition) is 3. The minimum absolute atomic E-state index is 0.0683. The smallest absolute Gasteiger partial charge is 0.220 e. The average Bonchev–Trinajstić information content (AvgIpc) is 2.88. The second kappa shape index (κ2) is 5.12. The predicted octanol–water partition coefficient (Wildman–Crippen LogP) is 0.543. The molecule has 1 aliphatic rings. The first-order valence-electron chi connectivity index (χ1n) is 5.76. The average molecular weight is 222 g/mol. The zero-order valence-electron chi connectivity index (χ0n) is 9.28. The summed E-state index contributed by atoms with van der Waals surface area (Å²) in [6.07, 6.45) is 7.24. The molecule has 5 heteroatoms. The van der Waals surface area contributed by atoms with Crippen molar-refractivity contribution in [1.29, 1.82) is 0 Å². The first-order chi connectivity index (χ1) is 7.75. The lowest BCUT2D eigenvalue weighted by molar-refractivity contribution is -0.122. The second-order valence-electron chi connectivity index (χ2n) is 4.37. The van der Waals surface area contributed by atoms with Crippen LogP contribution in [0.4, 0.5) is 0 Å². The van der Waals surface area contributed by atoms with E-state index in [-0.39, 0.29) is 11.9 Å². The molecule has 2 rings (SSSR count). The van der Waals surface area contributed by atoms with E-state index < -0.39 is 0 Å². The lowest BCUT2D eigenvalue weighted by Gasteiger charge is -2.14. The molecular weight excluding hydrogens is 204 g/mol. The van der Waals surface area contributed by atoms with Crippen LogP contribution in [0.3, 0.4) is 0 Å². The number of imidazole rings is 1. The highest BCUT2D eigenvalue weighted by Crippen LogP contribution is 2.26. The normalized spacial score (nSPS) is 24.6. The molecule has 0 saturated heterocycles. The van der Waals surface area contributed by atoms with Crippen molar-refractivity contribution < 1.29 is 4.79 Å². The van der Waals surface area contributed by atoms with Crippen LogP contribution in [0.2, 0.25) is 0 Å². The van der Waals surface area contributed by atoms with Crippen LogP contribution in [0.15, 0.2) is 12.4 Å². The number of amides is 1. The fraction of sp³-hybridized carbons (Fsp3) is 0.636. The molecule has 0 spiro atoms. The lowest BCUT2D eigenvalue weighted by Crippen LogP contribution is -2.31. The molecule has 0 aliphatic heterocycles. The van der Waals surface area contributed by atoms with Crippen molar-refractivity contribution in [3.63, 3.8) is 0 Å². The SMILES string of the molecule is N[C@@H]1CCC[C@H]1CC(=O)NCc1ncc[nH]1. The van der Waals surface area contributed by atoms with Gasteiger partial charge in [-0.05, 0) is 18.8 Å². The summed E-state index contributed by atoms with van der Waals surface area (Å²) in [5, 5.41) is 2.84. The van der Waals surface area contributed by atoms with E-state index in [1.807, 2.05) is 0 Å². The van der Waals surface area contributed by atoms with Crippen molar-refractivity contribution in [3.05, 3.63) is 18.2 Å². The quantitative estimate of drug-likeness (QED) is 0.695. The van der Waals surface area contributed by atoms with Crippen molar-refractivity contribution in [2.45, 2.75) is 38.3 Å². The van der Waals surface area contributed by atoms with Crippen LogP contribution in [0.1, 0.15) is 31.5 Å². The van der Waals surface area contributed by atoms with Gasteiger partial charge in [-0.3, -0.25) is 4.79 Å². The third kappa shape index (κ3) is 2.82. The number of aromatic amines is 1. The number of rotatable bonds is 4. The van der Waals surface area contributed by atoms with Gasteiger partial charge in [0.25, 0.3) is 0 Å². The minimum atomic E-state index is 0.0683. The lowest BCUT2D eigenvalue weighted by atomic mass is 10.00. The van der Waals surface area contributed by atoms with E-state index in [9.17, 15) is 4.79 Å². The Bertz CT molecular complexity index is 336. The Kier molecular flexibility index (Phi) is 3.56. The van der Waals surface area contributed by atoms with Crippen LogP contribution in [0, 0.1) is 5.92 Å². The molecule has 1 fully saturated rings. The first-order valence-corrected chi connectivity index (χ1v) is 5.76. The molecule has 0 bridgehead atoms. The van der Waals surface area contributed by atoms with Gasteiger partial charge in [0, 0.05) is 24.9 Å². The molecule has 0 radical (unpaired) electrons. The van der Waals surface area contributed by atoms with Gasteiger partial charge in [0.05, 0.1) is 6.54 Å². The van der Waals surface area contributed by atoms with Gasteiger partial charge in [-0.15, -0.1) is 0 Å². The topological polar surface area (TPSA) is 83.8 Å². The zero-order chi connectivity index (χ0) is 11.4. The molecule has 0 aromatic carbocycles. The molecule has 88 valence electrons. The van der Waals surface area contributed by atoms with Crippen LogP contribution in [-0.4, -0.2) is 21.9 Å². The van der Waals surface area contributed by atoms with E-state index in [4.69, 9.17) is 5.73 Å². The van der Waals surface area contributed by atoms with Crippen molar-refractivity contribution >= 4 is 5.91 Å². The summed E-state index contributed by atoms with van der Waals surface area (Å²) in [4.78, 5) is 18.6. The standard InChI is InChI=1S/C11H18N4O/c12-9-3-1-2-8(9)6-11(16)15-7-10-13-4-5-14-10/h4-5,8-9H,1-3,6-7,12H2,(H,13,14)(H,15,16)/t8-,9+/m0/s1. The Balaban J connectivity index is 1.72. The van der Waals surface area contributed by atoms with Gasteiger partial charge in [0.15, 0.2) is 0 Å². The first kappa shape index (κ1) is 11.1. The molecule has 4 N–H and O–H groups in total. The summed E-state index contributed by atoms with van der Waals surface area (Å²) in [6.45, 7) is 0.466. The van der Waals surface area contributed by atoms with Gasteiger partial charge < -0.3 is 16.0 Å². The van der Waals surface area contributed by atoms with Crippen LogP contribution in [0.5, 0.6) is 0 Å². The summed E-state index contributed by atoms with van der Waals surface area (Å²) >= 11 is 0. The number of carbonyl (C=O) groups excluding carboxylic acids is 1. The van der Waals surface area contributed by atoms with Crippen LogP contribution in [0.25, 0.3) is 0 Å². The van der Waals surface area contributed by atoms with Crippen LogP contribution < -0.4 is 11.1 Å². The van der Waals surface area contributed by atoms with E-state index >= 15 is 0 Å². The molecular formula is C11H18N4O. The Morgan fingerprint density at radius 1 is 1.62 bits per heavy atom. The van der Waals surface area contributed by atoms with Crippen LogP contribution in [-0.2, 0) is 11.3 Å². The Morgan fingerprint density at radius 2 is 2.50 bits per heavy atom. The molecule has 1 amide bonds. The maximum atomic E-state index is 11.6. The Labute approximate surface area is 94.8 Å². The summed E-state index contributed by atoms with van der Waals surface area (Å²) in [6, 6.07) is 0.203. The molecule has 1 heterocycles. The molecule has 2 atom stereocenters. The van der Waals surface area contributed by atoms with Crippen molar-refractivity contribution in [2.75, 3.05) is 0 Å². The number of hydrogen-bond acceptors (Lipinski definition) is 3. The molecule has 1 aromatic heterocycles. The number of nitrogens with zero attached hydrogens (tertiary/aromatic N) is 1. The molecule has 5 nitrogen and oxygen atoms in total. The largest absolute Gasteiger partial charge is 0.349 e. The summed E-state index contributed by atoms with van der Waals surface area (Å²) in [5.74, 6) is 1.21. The number of nitrogens with one attached hydrogen (secondary N) is 2. The third-order valence-electron chi connectivity index (χ3n) is 3.17. The fourth-order valence-corrected chi connectivity index (χ4v) is 2.21. The number of carbonyl (C=O) groups is 1. The molecule has 1 aliphatic carbocycles. The van der Waals surface area contributed by atoms with Gasteiger partial charge in [-0.25, -0.2) is 4.98 Å². The summed E-state index contributed by atoms with van der Waals surface area (Å²) < 4.78 is 0. The molecule has 16 heavy (non-hydrogen) atoms.